The van der Waals surface area contributed by atoms with Crippen LogP contribution in [0.5, 0.6) is 0 Å². The Labute approximate surface area is 223 Å². The molecule has 0 aromatic rings. The molecule has 1 heteroatoms. The van der Waals surface area contributed by atoms with E-state index in [9.17, 15) is 5.11 Å². The lowest BCUT2D eigenvalue weighted by molar-refractivity contribution is -0.111. The van der Waals surface area contributed by atoms with Crippen molar-refractivity contribution in [3.8, 4) is 0 Å². The summed E-state index contributed by atoms with van der Waals surface area (Å²) in [6.07, 6.45) is 33.8. The van der Waals surface area contributed by atoms with Gasteiger partial charge in [0.05, 0.1) is 5.60 Å². The topological polar surface area (TPSA) is 20.2 Å². The van der Waals surface area contributed by atoms with E-state index in [0.29, 0.717) is 17.3 Å². The van der Waals surface area contributed by atoms with Gasteiger partial charge in [0.15, 0.2) is 0 Å². The van der Waals surface area contributed by atoms with E-state index in [4.69, 9.17) is 0 Å². The van der Waals surface area contributed by atoms with Gasteiger partial charge in [-0.25, -0.2) is 0 Å². The second-order valence-corrected chi connectivity index (χ2v) is 13.2. The summed E-state index contributed by atoms with van der Waals surface area (Å²) in [5.41, 5.74) is -0.0848. The van der Waals surface area contributed by atoms with Crippen LogP contribution in [-0.2, 0) is 0 Å². The number of unbranched alkanes of at least 4 members (excludes halogenated alkanes) is 18. The molecule has 1 aliphatic carbocycles. The van der Waals surface area contributed by atoms with Crippen LogP contribution in [0.4, 0.5) is 0 Å². The van der Waals surface area contributed by atoms with E-state index in [-0.39, 0.29) is 0 Å². The minimum atomic E-state index is -0.406. The zero-order valence-corrected chi connectivity index (χ0v) is 25.3. The lowest BCUT2D eigenvalue weighted by atomic mass is 9.58. The first kappa shape index (κ1) is 33.0. The summed E-state index contributed by atoms with van der Waals surface area (Å²) in [5.74, 6) is 1.21. The van der Waals surface area contributed by atoms with Crippen LogP contribution < -0.4 is 0 Å². The monoisotopic (exact) mass is 493 g/mol. The van der Waals surface area contributed by atoms with Crippen LogP contribution in [0.3, 0.4) is 0 Å². The Bertz CT molecular complexity index is 471. The molecule has 0 heterocycles. The van der Waals surface area contributed by atoms with Crippen molar-refractivity contribution in [1.29, 1.82) is 0 Å². The van der Waals surface area contributed by atoms with Gasteiger partial charge in [0.1, 0.15) is 0 Å². The van der Waals surface area contributed by atoms with Crippen LogP contribution in [0, 0.1) is 17.3 Å². The highest BCUT2D eigenvalue weighted by Crippen LogP contribution is 2.51. The maximum atomic E-state index is 12.0. The summed E-state index contributed by atoms with van der Waals surface area (Å²) in [6, 6.07) is 0. The van der Waals surface area contributed by atoms with Gasteiger partial charge in [0.2, 0.25) is 0 Å². The van der Waals surface area contributed by atoms with Gasteiger partial charge in [-0.3, -0.25) is 0 Å². The Balaban J connectivity index is 2.30. The van der Waals surface area contributed by atoms with E-state index >= 15 is 0 Å². The van der Waals surface area contributed by atoms with Crippen LogP contribution in [0.2, 0.25) is 0 Å². The SMILES string of the molecule is CCCCCCCCCCCCCCC1(O)CC(C)(C(C)C)CCC1CCCCCCCCCC. The molecule has 0 bridgehead atoms. The van der Waals surface area contributed by atoms with E-state index in [1.54, 1.807) is 0 Å². The molecule has 210 valence electrons. The first-order chi connectivity index (χ1) is 16.9. The molecule has 35 heavy (non-hydrogen) atoms. The lowest BCUT2D eigenvalue weighted by Gasteiger charge is -2.50. The highest BCUT2D eigenvalue weighted by Gasteiger charge is 2.47. The van der Waals surface area contributed by atoms with Crippen LogP contribution in [0.1, 0.15) is 195 Å². The molecule has 0 aromatic carbocycles. The number of rotatable bonds is 23. The molecule has 1 saturated carbocycles. The predicted octanol–water partition coefficient (Wildman–Crippen LogP) is 11.8. The van der Waals surface area contributed by atoms with Gasteiger partial charge in [-0.05, 0) is 49.4 Å². The molecule has 3 unspecified atom stereocenters. The highest BCUT2D eigenvalue weighted by molar-refractivity contribution is 4.98. The fourth-order valence-electron chi connectivity index (χ4n) is 6.70. The molecule has 1 nitrogen and oxygen atoms in total. The van der Waals surface area contributed by atoms with Gasteiger partial charge in [-0.15, -0.1) is 0 Å². The minimum absolute atomic E-state index is 0.321. The highest BCUT2D eigenvalue weighted by atomic mass is 16.3. The summed E-state index contributed by atoms with van der Waals surface area (Å²) >= 11 is 0. The molecule has 1 N–H and O–H groups in total. The second kappa shape index (κ2) is 20.0. The van der Waals surface area contributed by atoms with Crippen molar-refractivity contribution in [2.45, 2.75) is 201 Å². The first-order valence-electron chi connectivity index (χ1n) is 16.6. The van der Waals surface area contributed by atoms with E-state index < -0.39 is 5.60 Å². The van der Waals surface area contributed by atoms with Gasteiger partial charge in [0.25, 0.3) is 0 Å². The van der Waals surface area contributed by atoms with E-state index in [0.717, 1.165) is 12.8 Å². The molecular formula is C34H68O. The largest absolute Gasteiger partial charge is 0.390 e. The Hall–Kier alpha value is -0.0400. The average molecular weight is 493 g/mol. The van der Waals surface area contributed by atoms with Crippen molar-refractivity contribution in [2.24, 2.45) is 17.3 Å². The summed E-state index contributed by atoms with van der Waals surface area (Å²) in [7, 11) is 0. The van der Waals surface area contributed by atoms with Gasteiger partial charge in [-0.1, -0.05) is 163 Å². The molecule has 1 rings (SSSR count). The van der Waals surface area contributed by atoms with E-state index in [2.05, 4.69) is 34.6 Å². The molecule has 0 radical (unpaired) electrons. The average Bonchev–Trinajstić information content (AvgIpc) is 2.82. The molecule has 3 atom stereocenters. The van der Waals surface area contributed by atoms with Crippen molar-refractivity contribution in [2.75, 3.05) is 0 Å². The van der Waals surface area contributed by atoms with Crippen molar-refractivity contribution >= 4 is 0 Å². The van der Waals surface area contributed by atoms with E-state index in [1.165, 1.54) is 148 Å². The molecule has 0 amide bonds. The van der Waals surface area contributed by atoms with Crippen LogP contribution in [0.25, 0.3) is 0 Å². The van der Waals surface area contributed by atoms with Crippen LogP contribution in [0.15, 0.2) is 0 Å². The molecular weight excluding hydrogens is 424 g/mol. The van der Waals surface area contributed by atoms with Crippen molar-refractivity contribution in [3.63, 3.8) is 0 Å². The number of hydrogen-bond acceptors (Lipinski definition) is 1. The molecule has 0 aromatic heterocycles. The zero-order chi connectivity index (χ0) is 25.8. The van der Waals surface area contributed by atoms with Crippen LogP contribution in [-0.4, -0.2) is 10.7 Å². The normalized spacial score (nSPS) is 24.9. The molecule has 0 spiro atoms. The summed E-state index contributed by atoms with van der Waals surface area (Å²) in [4.78, 5) is 0. The lowest BCUT2D eigenvalue weighted by Crippen LogP contribution is -2.48. The van der Waals surface area contributed by atoms with Crippen LogP contribution >= 0.6 is 0 Å². The predicted molar refractivity (Wildman–Crippen MR) is 158 cm³/mol. The molecule has 0 saturated heterocycles. The summed E-state index contributed by atoms with van der Waals surface area (Å²) in [5, 5.41) is 12.0. The standard InChI is InChI=1S/C34H68O/c1-6-8-10-12-14-16-17-18-19-21-23-25-28-34(35)30-33(5,31(3)4)29-27-32(34)26-24-22-20-15-13-11-9-7-2/h31-32,35H,6-30H2,1-5H3. The number of aliphatic hydroxyl groups is 1. The fourth-order valence-corrected chi connectivity index (χ4v) is 6.70. The second-order valence-electron chi connectivity index (χ2n) is 13.2. The maximum Gasteiger partial charge on any atom is 0.0681 e. The Morgan fingerprint density at radius 1 is 0.629 bits per heavy atom. The molecule has 1 aliphatic rings. The van der Waals surface area contributed by atoms with E-state index in [1.807, 2.05) is 0 Å². The Morgan fingerprint density at radius 3 is 1.46 bits per heavy atom. The third-order valence-electron chi connectivity index (χ3n) is 9.80. The zero-order valence-electron chi connectivity index (χ0n) is 25.3. The third-order valence-corrected chi connectivity index (χ3v) is 9.80. The maximum absolute atomic E-state index is 12.0. The Kier molecular flexibility index (Phi) is 18.8. The molecule has 0 aliphatic heterocycles. The number of hydrogen-bond donors (Lipinski definition) is 1. The smallest absolute Gasteiger partial charge is 0.0681 e. The van der Waals surface area contributed by atoms with Gasteiger partial charge < -0.3 is 5.11 Å². The quantitative estimate of drug-likeness (QED) is 0.141. The summed E-state index contributed by atoms with van der Waals surface area (Å²) in [6.45, 7) is 11.8. The third kappa shape index (κ3) is 14.5. The van der Waals surface area contributed by atoms with Gasteiger partial charge in [0, 0.05) is 0 Å². The van der Waals surface area contributed by atoms with Crippen molar-refractivity contribution < 1.29 is 5.11 Å². The van der Waals surface area contributed by atoms with Crippen molar-refractivity contribution in [1.82, 2.24) is 0 Å². The van der Waals surface area contributed by atoms with Gasteiger partial charge in [-0.2, -0.15) is 0 Å². The Morgan fingerprint density at radius 2 is 1.03 bits per heavy atom. The fraction of sp³-hybridized carbons (Fsp3) is 1.00. The van der Waals surface area contributed by atoms with Gasteiger partial charge >= 0.3 is 0 Å². The van der Waals surface area contributed by atoms with Crippen molar-refractivity contribution in [3.05, 3.63) is 0 Å². The summed E-state index contributed by atoms with van der Waals surface area (Å²) < 4.78 is 0. The minimum Gasteiger partial charge on any atom is -0.390 e. The molecule has 1 fully saturated rings. The first-order valence-corrected chi connectivity index (χ1v) is 16.6.